The molecule has 74 valence electrons. The highest BCUT2D eigenvalue weighted by Gasteiger charge is 2.14. The molecular weight excluding hydrogens is 277 g/mol. The molecule has 0 aromatic carbocycles. The van der Waals surface area contributed by atoms with Gasteiger partial charge in [0, 0.05) is 18.7 Å². The van der Waals surface area contributed by atoms with E-state index in [1.54, 1.807) is 0 Å². The van der Waals surface area contributed by atoms with E-state index in [4.69, 9.17) is 5.73 Å². The fourth-order valence-corrected chi connectivity index (χ4v) is 1.99. The molecule has 1 unspecified atom stereocenters. The molecule has 0 saturated carbocycles. The number of halogens is 1. The second-order valence-corrected chi connectivity index (χ2v) is 4.77. The number of aryl methyl sites for hydroxylation is 1. The second-order valence-electron chi connectivity index (χ2n) is 3.75. The zero-order chi connectivity index (χ0) is 10.0. The summed E-state index contributed by atoms with van der Waals surface area (Å²) in [6.45, 7) is 4.37. The van der Waals surface area contributed by atoms with Gasteiger partial charge in [0.15, 0.2) is 0 Å². The van der Waals surface area contributed by atoms with Crippen molar-refractivity contribution in [2.75, 3.05) is 0 Å². The maximum Gasteiger partial charge on any atom is 0.103 e. The van der Waals surface area contributed by atoms with Crippen LogP contribution in [0.3, 0.4) is 0 Å². The molecule has 13 heavy (non-hydrogen) atoms. The van der Waals surface area contributed by atoms with Gasteiger partial charge in [-0.25, -0.2) is 0 Å². The van der Waals surface area contributed by atoms with Crippen molar-refractivity contribution in [2.45, 2.75) is 26.3 Å². The van der Waals surface area contributed by atoms with Gasteiger partial charge < -0.3 is 5.73 Å². The fraction of sp³-hybridized carbons (Fsp3) is 0.667. The first kappa shape index (κ1) is 11.0. The summed E-state index contributed by atoms with van der Waals surface area (Å²) in [6, 6.07) is 0.126. The lowest BCUT2D eigenvalue weighted by Crippen LogP contribution is -2.13. The monoisotopic (exact) mass is 293 g/mol. The van der Waals surface area contributed by atoms with E-state index in [0.717, 1.165) is 15.7 Å². The third-order valence-electron chi connectivity index (χ3n) is 2.02. The van der Waals surface area contributed by atoms with E-state index in [1.807, 2.05) is 17.9 Å². The minimum atomic E-state index is 0.126. The van der Waals surface area contributed by atoms with Gasteiger partial charge in [0.25, 0.3) is 0 Å². The van der Waals surface area contributed by atoms with Crippen molar-refractivity contribution < 1.29 is 0 Å². The molecule has 0 saturated heterocycles. The lowest BCUT2D eigenvalue weighted by atomic mass is 10.0. The van der Waals surface area contributed by atoms with Crippen LogP contribution in [0.5, 0.6) is 0 Å². The van der Waals surface area contributed by atoms with Crippen LogP contribution in [0, 0.1) is 9.62 Å². The highest BCUT2D eigenvalue weighted by molar-refractivity contribution is 14.1. The number of nitrogens with zero attached hydrogens (tertiary/aromatic N) is 2. The number of hydrogen-bond donors (Lipinski definition) is 1. The molecule has 1 aromatic heterocycles. The summed E-state index contributed by atoms with van der Waals surface area (Å²) in [5.74, 6) is 0.631. The van der Waals surface area contributed by atoms with E-state index < -0.39 is 0 Å². The summed E-state index contributed by atoms with van der Waals surface area (Å²) >= 11 is 2.28. The first-order valence-electron chi connectivity index (χ1n) is 4.45. The van der Waals surface area contributed by atoms with Crippen LogP contribution in [-0.2, 0) is 7.05 Å². The largest absolute Gasteiger partial charge is 0.324 e. The molecule has 1 heterocycles. The van der Waals surface area contributed by atoms with E-state index >= 15 is 0 Å². The van der Waals surface area contributed by atoms with Crippen molar-refractivity contribution in [3.05, 3.63) is 15.5 Å². The normalized spacial score (nSPS) is 13.7. The Morgan fingerprint density at radius 2 is 2.23 bits per heavy atom. The van der Waals surface area contributed by atoms with Crippen LogP contribution < -0.4 is 5.73 Å². The van der Waals surface area contributed by atoms with Gasteiger partial charge in [-0.15, -0.1) is 0 Å². The Morgan fingerprint density at radius 1 is 1.62 bits per heavy atom. The summed E-state index contributed by atoms with van der Waals surface area (Å²) in [6.07, 6.45) is 2.89. The highest BCUT2D eigenvalue weighted by atomic mass is 127. The van der Waals surface area contributed by atoms with Gasteiger partial charge in [-0.1, -0.05) is 13.8 Å². The van der Waals surface area contributed by atoms with Gasteiger partial charge >= 0.3 is 0 Å². The van der Waals surface area contributed by atoms with Crippen molar-refractivity contribution in [3.63, 3.8) is 0 Å². The Hall–Kier alpha value is -0.100. The van der Waals surface area contributed by atoms with Crippen LogP contribution in [0.4, 0.5) is 0 Å². The number of hydrogen-bond acceptors (Lipinski definition) is 2. The molecule has 1 rings (SSSR count). The lowest BCUT2D eigenvalue weighted by molar-refractivity contribution is 0.508. The molecule has 1 aromatic rings. The van der Waals surface area contributed by atoms with Gasteiger partial charge in [-0.2, -0.15) is 5.10 Å². The molecule has 3 nitrogen and oxygen atoms in total. The molecule has 0 bridgehead atoms. The van der Waals surface area contributed by atoms with Crippen LogP contribution >= 0.6 is 22.6 Å². The molecule has 2 N–H and O–H groups in total. The van der Waals surface area contributed by atoms with Crippen molar-refractivity contribution in [1.29, 1.82) is 0 Å². The average Bonchev–Trinajstić information content (AvgIpc) is 2.31. The molecule has 0 radical (unpaired) electrons. The predicted molar refractivity (Wildman–Crippen MR) is 62.3 cm³/mol. The molecule has 0 fully saturated rings. The first-order valence-corrected chi connectivity index (χ1v) is 5.53. The quantitative estimate of drug-likeness (QED) is 0.867. The Bertz CT molecular complexity index is 280. The van der Waals surface area contributed by atoms with E-state index in [-0.39, 0.29) is 6.04 Å². The Morgan fingerprint density at radius 3 is 2.62 bits per heavy atom. The number of aromatic nitrogens is 2. The van der Waals surface area contributed by atoms with Crippen LogP contribution in [-0.4, -0.2) is 9.78 Å². The Labute approximate surface area is 92.8 Å². The first-order chi connectivity index (χ1) is 6.02. The molecule has 0 amide bonds. The molecule has 4 heteroatoms. The smallest absolute Gasteiger partial charge is 0.103 e. The fourth-order valence-electron chi connectivity index (χ4n) is 1.32. The third-order valence-corrected chi connectivity index (χ3v) is 3.34. The van der Waals surface area contributed by atoms with Crippen LogP contribution in [0.2, 0.25) is 0 Å². The molecule has 1 atom stereocenters. The second kappa shape index (κ2) is 4.41. The maximum absolute atomic E-state index is 6.05. The zero-order valence-corrected chi connectivity index (χ0v) is 10.4. The molecule has 0 aliphatic carbocycles. The van der Waals surface area contributed by atoms with Crippen molar-refractivity contribution in [1.82, 2.24) is 9.78 Å². The van der Waals surface area contributed by atoms with Crippen molar-refractivity contribution in [3.8, 4) is 0 Å². The predicted octanol–water partition coefficient (Wildman–Crippen LogP) is 2.07. The van der Waals surface area contributed by atoms with Crippen LogP contribution in [0.1, 0.15) is 31.9 Å². The molecule has 0 spiro atoms. The summed E-state index contributed by atoms with van der Waals surface area (Å²) in [5.41, 5.74) is 7.22. The van der Waals surface area contributed by atoms with E-state index in [9.17, 15) is 0 Å². The van der Waals surface area contributed by atoms with Gasteiger partial charge in [-0.05, 0) is 34.9 Å². The van der Waals surface area contributed by atoms with Crippen LogP contribution in [0.15, 0.2) is 6.20 Å². The SMILES string of the molecule is CC(C)CC(N)c1cnn(C)c1I. The summed E-state index contributed by atoms with van der Waals surface area (Å²) in [4.78, 5) is 0. The lowest BCUT2D eigenvalue weighted by Gasteiger charge is -2.12. The van der Waals surface area contributed by atoms with Gasteiger partial charge in [0.2, 0.25) is 0 Å². The van der Waals surface area contributed by atoms with Gasteiger partial charge in [0.1, 0.15) is 3.70 Å². The standard InChI is InChI=1S/C9H16IN3/c1-6(2)4-8(11)7-5-12-13(3)9(7)10/h5-6,8H,4,11H2,1-3H3. The summed E-state index contributed by atoms with van der Waals surface area (Å²) in [5, 5.41) is 4.17. The maximum atomic E-state index is 6.05. The van der Waals surface area contributed by atoms with Crippen molar-refractivity contribution in [2.24, 2.45) is 18.7 Å². The highest BCUT2D eigenvalue weighted by Crippen LogP contribution is 2.22. The van der Waals surface area contributed by atoms with E-state index in [2.05, 4.69) is 41.5 Å². The molecule has 0 aliphatic heterocycles. The van der Waals surface area contributed by atoms with E-state index in [0.29, 0.717) is 5.92 Å². The Balaban J connectivity index is 2.76. The summed E-state index contributed by atoms with van der Waals surface area (Å²) in [7, 11) is 1.94. The van der Waals surface area contributed by atoms with Crippen molar-refractivity contribution >= 4 is 22.6 Å². The minimum absolute atomic E-state index is 0.126. The topological polar surface area (TPSA) is 43.8 Å². The van der Waals surface area contributed by atoms with Gasteiger partial charge in [0.05, 0.1) is 6.20 Å². The number of nitrogens with two attached hydrogens (primary N) is 1. The van der Waals surface area contributed by atoms with E-state index in [1.165, 1.54) is 0 Å². The third kappa shape index (κ3) is 2.67. The van der Waals surface area contributed by atoms with Gasteiger partial charge in [-0.3, -0.25) is 4.68 Å². The minimum Gasteiger partial charge on any atom is -0.324 e. The van der Waals surface area contributed by atoms with Crippen LogP contribution in [0.25, 0.3) is 0 Å². The molecular formula is C9H16IN3. The average molecular weight is 293 g/mol. The molecule has 0 aliphatic rings. The summed E-state index contributed by atoms with van der Waals surface area (Å²) < 4.78 is 3.00. The number of rotatable bonds is 3. The Kier molecular flexibility index (Phi) is 3.73. The zero-order valence-electron chi connectivity index (χ0n) is 8.29.